The van der Waals surface area contributed by atoms with E-state index in [4.69, 9.17) is 14.6 Å². The van der Waals surface area contributed by atoms with Crippen molar-refractivity contribution >= 4 is 11.9 Å². The molecule has 0 aromatic heterocycles. The smallest absolute Gasteiger partial charge is 0.419 e. The zero-order valence-corrected chi connectivity index (χ0v) is 11.2. The van der Waals surface area contributed by atoms with Gasteiger partial charge >= 0.3 is 18.1 Å². The van der Waals surface area contributed by atoms with Crippen LogP contribution in [0.2, 0.25) is 0 Å². The van der Waals surface area contributed by atoms with Crippen LogP contribution >= 0.6 is 0 Å². The molecule has 0 fully saturated rings. The van der Waals surface area contributed by atoms with Crippen LogP contribution < -0.4 is 4.74 Å². The Labute approximate surface area is 118 Å². The highest BCUT2D eigenvalue weighted by Crippen LogP contribution is 2.36. The molecule has 0 amide bonds. The van der Waals surface area contributed by atoms with Crippen molar-refractivity contribution in [1.29, 1.82) is 0 Å². The van der Waals surface area contributed by atoms with Crippen LogP contribution in [0.4, 0.5) is 13.2 Å². The van der Waals surface area contributed by atoms with E-state index in [1.165, 1.54) is 0 Å². The second kappa shape index (κ2) is 6.47. The second-order valence-electron chi connectivity index (χ2n) is 4.34. The van der Waals surface area contributed by atoms with E-state index >= 15 is 0 Å². The van der Waals surface area contributed by atoms with E-state index in [1.54, 1.807) is 13.8 Å². The fraction of sp³-hybridized carbons (Fsp3) is 0.385. The molecule has 0 aliphatic carbocycles. The maximum absolute atomic E-state index is 12.8. The van der Waals surface area contributed by atoms with Gasteiger partial charge in [0.15, 0.2) is 6.61 Å². The molecular weight excluding hydrogens is 293 g/mol. The monoisotopic (exact) mass is 306 g/mol. The summed E-state index contributed by atoms with van der Waals surface area (Å²) in [6, 6.07) is 2.26. The number of carboxylic acid groups (broad SMARTS) is 1. The van der Waals surface area contributed by atoms with Crippen molar-refractivity contribution in [2.24, 2.45) is 0 Å². The average Bonchev–Trinajstić information content (AvgIpc) is 2.34. The lowest BCUT2D eigenvalue weighted by Gasteiger charge is -2.15. The van der Waals surface area contributed by atoms with Crippen molar-refractivity contribution in [3.63, 3.8) is 0 Å². The van der Waals surface area contributed by atoms with Crippen molar-refractivity contribution in [2.45, 2.75) is 26.1 Å². The summed E-state index contributed by atoms with van der Waals surface area (Å²) < 4.78 is 48.0. The third-order valence-corrected chi connectivity index (χ3v) is 2.24. The van der Waals surface area contributed by atoms with Crippen molar-refractivity contribution < 1.29 is 37.3 Å². The van der Waals surface area contributed by atoms with E-state index in [-0.39, 0.29) is 0 Å². The fourth-order valence-electron chi connectivity index (χ4n) is 1.44. The normalized spacial score (nSPS) is 11.3. The number of ether oxygens (including phenoxy) is 2. The van der Waals surface area contributed by atoms with Gasteiger partial charge in [-0.2, -0.15) is 13.2 Å². The number of hydrogen-bond donors (Lipinski definition) is 1. The maximum Gasteiger partial charge on any atom is 0.419 e. The molecule has 0 saturated carbocycles. The predicted octanol–water partition coefficient (Wildman–Crippen LogP) is 2.73. The van der Waals surface area contributed by atoms with Gasteiger partial charge in [-0.1, -0.05) is 0 Å². The minimum atomic E-state index is -4.80. The molecule has 116 valence electrons. The largest absolute Gasteiger partial charge is 0.481 e. The molecule has 21 heavy (non-hydrogen) atoms. The highest BCUT2D eigenvalue weighted by atomic mass is 19.4. The molecular formula is C13H13F3O5. The molecule has 0 atom stereocenters. The van der Waals surface area contributed by atoms with E-state index in [2.05, 4.69) is 0 Å². The molecule has 0 heterocycles. The standard InChI is InChI=1S/C13H13F3O5/c1-7(2)21-11(17)6-20-10-4-3-8(12(18)19)5-9(10)13(14,15)16/h3-5,7H,6H2,1-2H3,(H,18,19). The van der Waals surface area contributed by atoms with Crippen molar-refractivity contribution in [3.8, 4) is 5.75 Å². The lowest BCUT2D eigenvalue weighted by molar-refractivity contribution is -0.151. The third-order valence-electron chi connectivity index (χ3n) is 2.24. The molecule has 0 aliphatic heterocycles. The van der Waals surface area contributed by atoms with E-state index in [1.807, 2.05) is 0 Å². The zero-order valence-electron chi connectivity index (χ0n) is 11.2. The molecule has 0 radical (unpaired) electrons. The maximum atomic E-state index is 12.8. The van der Waals surface area contributed by atoms with Crippen LogP contribution in [0.25, 0.3) is 0 Å². The van der Waals surface area contributed by atoms with Crippen molar-refractivity contribution in [2.75, 3.05) is 6.61 Å². The van der Waals surface area contributed by atoms with Crippen molar-refractivity contribution in [1.82, 2.24) is 0 Å². The van der Waals surface area contributed by atoms with Gasteiger partial charge in [0.1, 0.15) is 5.75 Å². The molecule has 0 aliphatic rings. The first kappa shape index (κ1) is 16.8. The molecule has 1 N–H and O–H groups in total. The summed E-state index contributed by atoms with van der Waals surface area (Å²) in [6.07, 6.45) is -5.22. The molecule has 1 rings (SSSR count). The number of carbonyl (C=O) groups excluding carboxylic acids is 1. The fourth-order valence-corrected chi connectivity index (χ4v) is 1.44. The number of rotatable bonds is 5. The number of benzene rings is 1. The van der Waals surface area contributed by atoms with Gasteiger partial charge in [0.05, 0.1) is 17.2 Å². The molecule has 0 saturated heterocycles. The van der Waals surface area contributed by atoms with Gasteiger partial charge < -0.3 is 14.6 Å². The van der Waals surface area contributed by atoms with Gasteiger partial charge in [-0.25, -0.2) is 9.59 Å². The quantitative estimate of drug-likeness (QED) is 0.847. The Morgan fingerprint density at radius 2 is 1.90 bits per heavy atom. The first-order valence-electron chi connectivity index (χ1n) is 5.88. The number of esters is 1. The van der Waals surface area contributed by atoms with Crippen molar-refractivity contribution in [3.05, 3.63) is 29.3 Å². The van der Waals surface area contributed by atoms with Crippen LogP contribution in [0.1, 0.15) is 29.8 Å². The Morgan fingerprint density at radius 1 is 1.29 bits per heavy atom. The van der Waals surface area contributed by atoms with Gasteiger partial charge in [-0.15, -0.1) is 0 Å². The van der Waals surface area contributed by atoms with Gasteiger partial charge in [0.2, 0.25) is 0 Å². The Bertz CT molecular complexity index is 537. The average molecular weight is 306 g/mol. The van der Waals surface area contributed by atoms with Crippen LogP contribution in [0.15, 0.2) is 18.2 Å². The molecule has 0 unspecified atom stereocenters. The highest BCUT2D eigenvalue weighted by Gasteiger charge is 2.35. The van der Waals surface area contributed by atoms with Crippen LogP contribution in [0.5, 0.6) is 5.75 Å². The lowest BCUT2D eigenvalue weighted by Crippen LogP contribution is -2.20. The number of carbonyl (C=O) groups is 2. The van der Waals surface area contributed by atoms with E-state index in [0.29, 0.717) is 6.07 Å². The summed E-state index contributed by atoms with van der Waals surface area (Å²) >= 11 is 0. The van der Waals surface area contributed by atoms with Crippen LogP contribution in [0.3, 0.4) is 0 Å². The number of halogens is 3. The summed E-state index contributed by atoms with van der Waals surface area (Å²) in [4.78, 5) is 21.9. The zero-order chi connectivity index (χ0) is 16.2. The molecule has 0 bridgehead atoms. The van der Waals surface area contributed by atoms with Gasteiger partial charge in [0.25, 0.3) is 0 Å². The first-order valence-corrected chi connectivity index (χ1v) is 5.88. The minimum absolute atomic E-state index is 0.419. The number of alkyl halides is 3. The minimum Gasteiger partial charge on any atom is -0.481 e. The summed E-state index contributed by atoms with van der Waals surface area (Å²) in [5, 5.41) is 8.70. The van der Waals surface area contributed by atoms with E-state index in [9.17, 15) is 22.8 Å². The van der Waals surface area contributed by atoms with Crippen LogP contribution in [-0.4, -0.2) is 29.8 Å². The molecule has 1 aromatic carbocycles. The Morgan fingerprint density at radius 3 is 2.38 bits per heavy atom. The Kier molecular flexibility index (Phi) is 5.17. The van der Waals surface area contributed by atoms with Gasteiger partial charge in [0, 0.05) is 0 Å². The third kappa shape index (κ3) is 4.97. The van der Waals surface area contributed by atoms with E-state index in [0.717, 1.165) is 12.1 Å². The van der Waals surface area contributed by atoms with Gasteiger partial charge in [-0.05, 0) is 32.0 Å². The SMILES string of the molecule is CC(C)OC(=O)COc1ccc(C(=O)O)cc1C(F)(F)F. The Hall–Kier alpha value is -2.25. The summed E-state index contributed by atoms with van der Waals surface area (Å²) in [6.45, 7) is 2.47. The first-order chi connectivity index (χ1) is 9.61. The Balaban J connectivity index is 2.96. The van der Waals surface area contributed by atoms with Crippen LogP contribution in [-0.2, 0) is 15.7 Å². The molecule has 1 aromatic rings. The van der Waals surface area contributed by atoms with E-state index < -0.39 is 47.7 Å². The molecule has 5 nitrogen and oxygen atoms in total. The highest BCUT2D eigenvalue weighted by molar-refractivity contribution is 5.88. The summed E-state index contributed by atoms with van der Waals surface area (Å²) in [5.74, 6) is -2.94. The predicted molar refractivity (Wildman–Crippen MR) is 65.1 cm³/mol. The topological polar surface area (TPSA) is 72.8 Å². The number of aromatic carboxylic acids is 1. The molecule has 0 spiro atoms. The lowest BCUT2D eigenvalue weighted by atomic mass is 10.1. The molecule has 8 heteroatoms. The van der Waals surface area contributed by atoms with Gasteiger partial charge in [-0.3, -0.25) is 0 Å². The van der Waals surface area contributed by atoms with Crippen LogP contribution in [0, 0.1) is 0 Å². The second-order valence-corrected chi connectivity index (χ2v) is 4.34. The number of hydrogen-bond acceptors (Lipinski definition) is 4. The summed E-state index contributed by atoms with van der Waals surface area (Å²) in [5.41, 5.74) is -1.79. The summed E-state index contributed by atoms with van der Waals surface area (Å²) in [7, 11) is 0. The number of carboxylic acids is 1.